The maximum absolute atomic E-state index is 4.47. The molecule has 0 fully saturated rings. The molecule has 0 atom stereocenters. The number of nitrogens with zero attached hydrogens (tertiary/aromatic N) is 2. The number of rotatable bonds is 5. The molecular weight excluding hydrogens is 260 g/mol. The summed E-state index contributed by atoms with van der Waals surface area (Å²) in [5, 5.41) is 6.74. The van der Waals surface area contributed by atoms with Crippen LogP contribution in [0.1, 0.15) is 45.0 Å². The third-order valence-corrected chi connectivity index (χ3v) is 3.12. The van der Waals surface area contributed by atoms with Gasteiger partial charge in [0.05, 0.1) is 0 Å². The second kappa shape index (κ2) is 6.57. The lowest BCUT2D eigenvalue weighted by atomic mass is 10.0. The zero-order valence-electron chi connectivity index (χ0n) is 13.4. The molecule has 2 rings (SSSR count). The third-order valence-electron chi connectivity index (χ3n) is 3.12. The van der Waals surface area contributed by atoms with Gasteiger partial charge < -0.3 is 10.6 Å². The van der Waals surface area contributed by atoms with Gasteiger partial charge in [0.2, 0.25) is 0 Å². The predicted molar refractivity (Wildman–Crippen MR) is 89.3 cm³/mol. The molecule has 0 aliphatic rings. The maximum Gasteiger partial charge on any atom is 0.136 e. The number of benzene rings is 1. The van der Waals surface area contributed by atoms with Gasteiger partial charge in [0.1, 0.15) is 17.5 Å². The van der Waals surface area contributed by atoms with E-state index in [1.165, 1.54) is 5.56 Å². The fraction of sp³-hybridized carbons (Fsp3) is 0.412. The van der Waals surface area contributed by atoms with Crippen LogP contribution in [0.3, 0.4) is 0 Å². The van der Waals surface area contributed by atoms with Gasteiger partial charge in [-0.2, -0.15) is 0 Å². The molecule has 112 valence electrons. The largest absolute Gasteiger partial charge is 0.368 e. The fourth-order valence-corrected chi connectivity index (χ4v) is 2.25. The zero-order valence-corrected chi connectivity index (χ0v) is 13.4. The van der Waals surface area contributed by atoms with E-state index in [4.69, 9.17) is 0 Å². The Kier molecular flexibility index (Phi) is 4.78. The summed E-state index contributed by atoms with van der Waals surface area (Å²) in [5.41, 5.74) is 2.38. The lowest BCUT2D eigenvalue weighted by Crippen LogP contribution is -2.12. The van der Waals surface area contributed by atoms with Crippen molar-refractivity contribution in [2.45, 2.75) is 46.6 Å². The Bertz CT molecular complexity index is 605. The minimum atomic E-state index is 0.343. The number of para-hydroxylation sites is 1. The van der Waals surface area contributed by atoms with Crippen molar-refractivity contribution in [3.8, 4) is 0 Å². The van der Waals surface area contributed by atoms with Gasteiger partial charge in [0, 0.05) is 17.8 Å². The fourth-order valence-electron chi connectivity index (χ4n) is 2.25. The van der Waals surface area contributed by atoms with E-state index in [9.17, 15) is 0 Å². The number of anilines is 3. The van der Waals surface area contributed by atoms with Crippen molar-refractivity contribution in [1.29, 1.82) is 0 Å². The molecule has 0 saturated carbocycles. The van der Waals surface area contributed by atoms with Gasteiger partial charge in [-0.05, 0) is 38.3 Å². The number of aromatic nitrogens is 2. The minimum Gasteiger partial charge on any atom is -0.368 e. The first kappa shape index (κ1) is 15.3. The molecular formula is C17H24N4. The lowest BCUT2D eigenvalue weighted by molar-refractivity contribution is 0.868. The summed E-state index contributed by atoms with van der Waals surface area (Å²) in [4.78, 5) is 8.89. The van der Waals surface area contributed by atoms with E-state index in [2.05, 4.69) is 66.5 Å². The molecule has 2 N–H and O–H groups in total. The summed E-state index contributed by atoms with van der Waals surface area (Å²) in [6, 6.07) is 10.6. The topological polar surface area (TPSA) is 49.8 Å². The highest BCUT2D eigenvalue weighted by atomic mass is 15.1. The highest BCUT2D eigenvalue weighted by Gasteiger charge is 2.08. The molecule has 0 bridgehead atoms. The minimum absolute atomic E-state index is 0.343. The van der Waals surface area contributed by atoms with Crippen molar-refractivity contribution in [2.24, 2.45) is 0 Å². The Morgan fingerprint density at radius 3 is 2.29 bits per heavy atom. The van der Waals surface area contributed by atoms with Crippen LogP contribution in [0.5, 0.6) is 0 Å². The van der Waals surface area contributed by atoms with Crippen LogP contribution in [0.4, 0.5) is 17.3 Å². The summed E-state index contributed by atoms with van der Waals surface area (Å²) in [6.45, 7) is 10.5. The normalized spacial score (nSPS) is 11.0. The van der Waals surface area contributed by atoms with Gasteiger partial charge in [-0.1, -0.05) is 32.0 Å². The van der Waals surface area contributed by atoms with Gasteiger partial charge in [0.15, 0.2) is 0 Å². The van der Waals surface area contributed by atoms with Gasteiger partial charge in [0.25, 0.3) is 0 Å². The van der Waals surface area contributed by atoms with E-state index in [-0.39, 0.29) is 0 Å². The second-order valence-electron chi connectivity index (χ2n) is 5.85. The highest BCUT2D eigenvalue weighted by Crippen LogP contribution is 2.26. The molecule has 4 heteroatoms. The summed E-state index contributed by atoms with van der Waals surface area (Å²) in [5.74, 6) is 2.89. The van der Waals surface area contributed by atoms with Gasteiger partial charge in [-0.3, -0.25) is 0 Å². The van der Waals surface area contributed by atoms with E-state index in [1.807, 2.05) is 19.1 Å². The molecule has 0 spiro atoms. The predicted octanol–water partition coefficient (Wildman–Crippen LogP) is 4.47. The Balaban J connectivity index is 2.29. The van der Waals surface area contributed by atoms with E-state index < -0.39 is 0 Å². The summed E-state index contributed by atoms with van der Waals surface area (Å²) >= 11 is 0. The molecule has 1 aromatic carbocycles. The zero-order chi connectivity index (χ0) is 15.4. The van der Waals surface area contributed by atoms with Gasteiger partial charge >= 0.3 is 0 Å². The Morgan fingerprint density at radius 2 is 1.62 bits per heavy atom. The molecule has 2 aromatic rings. The molecule has 0 radical (unpaired) electrons. The number of nitrogens with one attached hydrogen (secondary N) is 2. The smallest absolute Gasteiger partial charge is 0.136 e. The third kappa shape index (κ3) is 4.18. The van der Waals surface area contributed by atoms with Crippen LogP contribution in [0.15, 0.2) is 30.3 Å². The van der Waals surface area contributed by atoms with Gasteiger partial charge in [-0.15, -0.1) is 0 Å². The van der Waals surface area contributed by atoms with E-state index in [0.29, 0.717) is 12.0 Å². The molecule has 1 aromatic heterocycles. The molecule has 0 aliphatic heterocycles. The average Bonchev–Trinajstić information content (AvgIpc) is 2.37. The van der Waals surface area contributed by atoms with Crippen LogP contribution in [0.25, 0.3) is 0 Å². The molecule has 0 unspecified atom stereocenters. The first-order valence-corrected chi connectivity index (χ1v) is 7.44. The quantitative estimate of drug-likeness (QED) is 0.850. The SMILES string of the molecule is Cc1nc(Nc2ccccc2C(C)C)cc(NC(C)C)n1. The Hall–Kier alpha value is -2.10. The number of hydrogen-bond acceptors (Lipinski definition) is 4. The van der Waals surface area contributed by atoms with Crippen LogP contribution < -0.4 is 10.6 Å². The molecule has 0 amide bonds. The standard InChI is InChI=1S/C17H24N4/c1-11(2)14-8-6-7-9-15(14)21-17-10-16(18-12(3)4)19-13(5)20-17/h6-12H,1-5H3,(H2,18,19,20,21). The van der Waals surface area contributed by atoms with Crippen molar-refractivity contribution in [3.05, 3.63) is 41.7 Å². The Morgan fingerprint density at radius 1 is 0.952 bits per heavy atom. The summed E-state index contributed by atoms with van der Waals surface area (Å²) in [7, 11) is 0. The van der Waals surface area contributed by atoms with Crippen molar-refractivity contribution < 1.29 is 0 Å². The average molecular weight is 284 g/mol. The van der Waals surface area contributed by atoms with Crippen molar-refractivity contribution in [3.63, 3.8) is 0 Å². The number of hydrogen-bond donors (Lipinski definition) is 2. The highest BCUT2D eigenvalue weighted by molar-refractivity contribution is 5.63. The first-order valence-electron chi connectivity index (χ1n) is 7.44. The van der Waals surface area contributed by atoms with E-state index >= 15 is 0 Å². The van der Waals surface area contributed by atoms with Crippen LogP contribution in [0.2, 0.25) is 0 Å². The van der Waals surface area contributed by atoms with Crippen LogP contribution >= 0.6 is 0 Å². The van der Waals surface area contributed by atoms with Crippen LogP contribution in [-0.2, 0) is 0 Å². The molecule has 21 heavy (non-hydrogen) atoms. The molecule has 4 nitrogen and oxygen atoms in total. The van der Waals surface area contributed by atoms with Crippen LogP contribution in [0, 0.1) is 6.92 Å². The van der Waals surface area contributed by atoms with E-state index in [1.54, 1.807) is 0 Å². The molecule has 1 heterocycles. The second-order valence-corrected chi connectivity index (χ2v) is 5.85. The lowest BCUT2D eigenvalue weighted by Gasteiger charge is -2.15. The van der Waals surface area contributed by atoms with Gasteiger partial charge in [-0.25, -0.2) is 9.97 Å². The Labute approximate surface area is 127 Å². The monoisotopic (exact) mass is 284 g/mol. The number of aryl methyl sites for hydroxylation is 1. The van der Waals surface area contributed by atoms with Crippen molar-refractivity contribution in [1.82, 2.24) is 9.97 Å². The first-order chi connectivity index (χ1) is 9.95. The molecule has 0 aliphatic carbocycles. The van der Waals surface area contributed by atoms with Crippen molar-refractivity contribution >= 4 is 17.3 Å². The van der Waals surface area contributed by atoms with E-state index in [0.717, 1.165) is 23.1 Å². The summed E-state index contributed by atoms with van der Waals surface area (Å²) in [6.07, 6.45) is 0. The van der Waals surface area contributed by atoms with Crippen LogP contribution in [-0.4, -0.2) is 16.0 Å². The maximum atomic E-state index is 4.47. The molecule has 0 saturated heterocycles. The summed E-state index contributed by atoms with van der Waals surface area (Å²) < 4.78 is 0. The van der Waals surface area contributed by atoms with Crippen molar-refractivity contribution in [2.75, 3.05) is 10.6 Å².